The van der Waals surface area contributed by atoms with E-state index in [-0.39, 0.29) is 0 Å². The molecule has 7 heteroatoms. The first-order chi connectivity index (χ1) is 8.63. The van der Waals surface area contributed by atoms with Crippen LogP contribution in [0.5, 0.6) is 0 Å². The summed E-state index contributed by atoms with van der Waals surface area (Å²) < 4.78 is 0. The zero-order valence-corrected chi connectivity index (χ0v) is 12.0. The largest absolute Gasteiger partial charge is 0.374 e. The molecule has 0 radical (unpaired) electrons. The molecule has 18 heavy (non-hydrogen) atoms. The highest BCUT2D eigenvalue weighted by Gasteiger charge is 2.31. The van der Waals surface area contributed by atoms with Crippen molar-refractivity contribution in [2.45, 2.75) is 25.3 Å². The molecule has 0 saturated heterocycles. The van der Waals surface area contributed by atoms with Crippen LogP contribution in [0.15, 0.2) is 0 Å². The van der Waals surface area contributed by atoms with E-state index in [1.165, 1.54) is 34.7 Å². The van der Waals surface area contributed by atoms with Crippen molar-refractivity contribution in [1.29, 1.82) is 0 Å². The number of hydrogen-bond donors (Lipinski definition) is 1. The summed E-state index contributed by atoms with van der Waals surface area (Å²) in [7, 11) is 4.11. The van der Waals surface area contributed by atoms with Gasteiger partial charge >= 0.3 is 0 Å². The number of aromatic nitrogens is 3. The van der Waals surface area contributed by atoms with Gasteiger partial charge in [0.2, 0.25) is 5.13 Å². The van der Waals surface area contributed by atoms with Gasteiger partial charge in [0.25, 0.3) is 0 Å². The predicted octanol–water partition coefficient (Wildman–Crippen LogP) is 2.18. The Hall–Kier alpha value is -1.05. The first-order valence-corrected chi connectivity index (χ1v) is 7.50. The topological polar surface area (TPSA) is 67.9 Å². The summed E-state index contributed by atoms with van der Waals surface area (Å²) in [5, 5.41) is 10.6. The zero-order chi connectivity index (χ0) is 12.7. The fraction of sp³-hybridized carbons (Fsp3) is 0.545. The Morgan fingerprint density at radius 3 is 2.61 bits per heavy atom. The number of nitrogens with two attached hydrogens (primary N) is 1. The molecule has 2 aromatic rings. The lowest BCUT2D eigenvalue weighted by Crippen LogP contribution is -2.10. The minimum Gasteiger partial charge on any atom is -0.374 e. The highest BCUT2D eigenvalue weighted by Crippen LogP contribution is 2.46. The first kappa shape index (κ1) is 12.0. The maximum Gasteiger partial charge on any atom is 0.203 e. The van der Waals surface area contributed by atoms with Gasteiger partial charge in [0, 0.05) is 12.5 Å². The molecule has 2 N–H and O–H groups in total. The maximum atomic E-state index is 5.67. The van der Waals surface area contributed by atoms with E-state index < -0.39 is 0 Å². The van der Waals surface area contributed by atoms with Gasteiger partial charge in [-0.3, -0.25) is 0 Å². The fourth-order valence-corrected chi connectivity index (χ4v) is 3.79. The Bertz CT molecular complexity index is 556. The van der Waals surface area contributed by atoms with E-state index in [1.807, 2.05) is 0 Å². The zero-order valence-electron chi connectivity index (χ0n) is 10.4. The van der Waals surface area contributed by atoms with Gasteiger partial charge in [-0.25, -0.2) is 4.98 Å². The Balaban J connectivity index is 1.98. The van der Waals surface area contributed by atoms with Crippen molar-refractivity contribution in [3.8, 4) is 9.88 Å². The second-order valence-corrected chi connectivity index (χ2v) is 6.87. The van der Waals surface area contributed by atoms with Crippen molar-refractivity contribution in [2.24, 2.45) is 0 Å². The quantitative estimate of drug-likeness (QED) is 0.930. The van der Waals surface area contributed by atoms with Crippen molar-refractivity contribution in [3.63, 3.8) is 0 Å². The summed E-state index contributed by atoms with van der Waals surface area (Å²) >= 11 is 3.17. The second-order valence-electron chi connectivity index (χ2n) is 4.78. The number of hydrogen-bond acceptors (Lipinski definition) is 7. The highest BCUT2D eigenvalue weighted by molar-refractivity contribution is 7.23. The number of nitrogen functional groups attached to an aromatic ring is 1. The molecule has 5 nitrogen and oxygen atoms in total. The van der Waals surface area contributed by atoms with Gasteiger partial charge in [0.1, 0.15) is 5.01 Å². The summed E-state index contributed by atoms with van der Waals surface area (Å²) in [5.74, 6) is 0.622. The van der Waals surface area contributed by atoms with Crippen LogP contribution in [-0.4, -0.2) is 34.2 Å². The van der Waals surface area contributed by atoms with E-state index in [0.29, 0.717) is 11.0 Å². The molecule has 96 valence electrons. The van der Waals surface area contributed by atoms with Crippen LogP contribution in [0.1, 0.15) is 29.5 Å². The van der Waals surface area contributed by atoms with Gasteiger partial charge in [-0.1, -0.05) is 11.3 Å². The molecule has 2 aromatic heterocycles. The maximum absolute atomic E-state index is 5.67. The third-order valence-corrected chi connectivity index (χ3v) is 4.71. The van der Waals surface area contributed by atoms with Gasteiger partial charge in [-0.15, -0.1) is 21.5 Å². The molecule has 1 saturated carbocycles. The number of nitrogens with zero attached hydrogens (tertiary/aromatic N) is 4. The second kappa shape index (κ2) is 4.56. The van der Waals surface area contributed by atoms with Crippen LogP contribution in [-0.2, 0) is 6.54 Å². The summed E-state index contributed by atoms with van der Waals surface area (Å²) in [6.07, 6.45) is 2.48. The van der Waals surface area contributed by atoms with Crippen molar-refractivity contribution in [1.82, 2.24) is 20.1 Å². The molecular formula is C11H15N5S2. The Kier molecular flexibility index (Phi) is 3.04. The lowest BCUT2D eigenvalue weighted by atomic mass is 10.2. The fourth-order valence-electron chi connectivity index (χ4n) is 1.83. The van der Waals surface area contributed by atoms with E-state index >= 15 is 0 Å². The average Bonchev–Trinajstić information content (AvgIpc) is 2.93. The Morgan fingerprint density at radius 2 is 2.06 bits per heavy atom. The van der Waals surface area contributed by atoms with Gasteiger partial charge in [-0.05, 0) is 26.9 Å². The summed E-state index contributed by atoms with van der Waals surface area (Å²) in [6, 6.07) is 0. The minimum atomic E-state index is 0.523. The van der Waals surface area contributed by atoms with Gasteiger partial charge in [0.05, 0.1) is 10.6 Å². The van der Waals surface area contributed by atoms with E-state index in [4.69, 9.17) is 10.7 Å². The van der Waals surface area contributed by atoms with Crippen LogP contribution in [0.2, 0.25) is 0 Å². The third kappa shape index (κ3) is 2.38. The van der Waals surface area contributed by atoms with E-state index in [9.17, 15) is 0 Å². The lowest BCUT2D eigenvalue weighted by molar-refractivity contribution is 0.401. The summed E-state index contributed by atoms with van der Waals surface area (Å²) in [4.78, 5) is 8.08. The van der Waals surface area contributed by atoms with Crippen LogP contribution in [0.3, 0.4) is 0 Å². The summed E-state index contributed by atoms with van der Waals surface area (Å²) in [5.41, 5.74) is 6.87. The molecule has 0 bridgehead atoms. The Labute approximate surface area is 114 Å². The van der Waals surface area contributed by atoms with Gasteiger partial charge in [-0.2, -0.15) is 0 Å². The first-order valence-electron chi connectivity index (χ1n) is 5.87. The molecule has 0 unspecified atom stereocenters. The standard InChI is InChI=1S/C11H15N5S2/c1-16(2)5-7-13-8(6-3-4-6)9(17-7)10-14-15-11(12)18-10/h6H,3-5H2,1-2H3,(H2,12,15). The monoisotopic (exact) mass is 281 g/mol. The number of anilines is 1. The molecule has 1 fully saturated rings. The van der Waals surface area contributed by atoms with Crippen molar-refractivity contribution < 1.29 is 0 Å². The van der Waals surface area contributed by atoms with E-state index in [2.05, 4.69) is 29.2 Å². The molecule has 0 amide bonds. The van der Waals surface area contributed by atoms with Crippen LogP contribution in [0.4, 0.5) is 5.13 Å². The van der Waals surface area contributed by atoms with Crippen molar-refractivity contribution in [2.75, 3.05) is 19.8 Å². The average molecular weight is 281 g/mol. The van der Waals surface area contributed by atoms with Crippen LogP contribution < -0.4 is 5.73 Å². The Morgan fingerprint density at radius 1 is 1.28 bits per heavy atom. The molecule has 0 spiro atoms. The van der Waals surface area contributed by atoms with Crippen LogP contribution in [0, 0.1) is 0 Å². The number of thiazole rings is 1. The van der Waals surface area contributed by atoms with E-state index in [1.54, 1.807) is 11.3 Å². The molecule has 2 heterocycles. The number of rotatable bonds is 4. The third-order valence-electron chi connectivity index (χ3n) is 2.75. The molecule has 1 aliphatic carbocycles. The molecular weight excluding hydrogens is 266 g/mol. The van der Waals surface area contributed by atoms with Crippen molar-refractivity contribution in [3.05, 3.63) is 10.7 Å². The van der Waals surface area contributed by atoms with Crippen LogP contribution in [0.25, 0.3) is 9.88 Å². The molecule has 0 aliphatic heterocycles. The smallest absolute Gasteiger partial charge is 0.203 e. The molecule has 1 aliphatic rings. The van der Waals surface area contributed by atoms with Gasteiger partial charge < -0.3 is 10.6 Å². The minimum absolute atomic E-state index is 0.523. The summed E-state index contributed by atoms with van der Waals surface area (Å²) in [6.45, 7) is 0.874. The van der Waals surface area contributed by atoms with Gasteiger partial charge in [0.15, 0.2) is 5.01 Å². The van der Waals surface area contributed by atoms with Crippen LogP contribution >= 0.6 is 22.7 Å². The predicted molar refractivity (Wildman–Crippen MR) is 74.8 cm³/mol. The molecule has 0 atom stereocenters. The van der Waals surface area contributed by atoms with Crippen molar-refractivity contribution >= 4 is 27.8 Å². The molecule has 0 aromatic carbocycles. The lowest BCUT2D eigenvalue weighted by Gasteiger charge is -2.04. The normalized spacial score (nSPS) is 15.5. The SMILES string of the molecule is CN(C)Cc1nc(C2CC2)c(-c2nnc(N)s2)s1. The molecule has 3 rings (SSSR count). The van der Waals surface area contributed by atoms with E-state index in [0.717, 1.165) is 16.6 Å². The highest BCUT2D eigenvalue weighted by atomic mass is 32.1.